The zero-order valence-corrected chi connectivity index (χ0v) is 22.5. The summed E-state index contributed by atoms with van der Waals surface area (Å²) in [4.78, 5) is 29.7. The van der Waals surface area contributed by atoms with Crippen LogP contribution in [0.1, 0.15) is 28.8 Å². The molecule has 1 saturated heterocycles. The van der Waals surface area contributed by atoms with E-state index < -0.39 is 21.9 Å². The third kappa shape index (κ3) is 5.40. The number of benzene rings is 2. The molecule has 0 aliphatic carbocycles. The van der Waals surface area contributed by atoms with Crippen LogP contribution in [0.15, 0.2) is 46.3 Å². The number of methoxy groups -OCH3 is 1. The van der Waals surface area contributed by atoms with Crippen molar-refractivity contribution in [2.75, 3.05) is 27.3 Å². The van der Waals surface area contributed by atoms with Gasteiger partial charge in [-0.25, -0.2) is 8.42 Å². The lowest BCUT2D eigenvalue weighted by Crippen LogP contribution is -2.34. The van der Waals surface area contributed by atoms with Gasteiger partial charge in [-0.2, -0.15) is 9.30 Å². The van der Waals surface area contributed by atoms with Gasteiger partial charge in [0.25, 0.3) is 5.91 Å². The molecule has 1 aromatic heterocycles. The Hall–Kier alpha value is -2.57. The zero-order valence-electron chi connectivity index (χ0n) is 20.1. The van der Waals surface area contributed by atoms with Crippen LogP contribution in [0.2, 0.25) is 5.02 Å². The normalized spacial score (nSPS) is 16.7. The number of likely N-dealkylation sites (N-methyl/N-ethyl adjacent to an activating group) is 1. The van der Waals surface area contributed by atoms with Gasteiger partial charge < -0.3 is 14.0 Å². The summed E-state index contributed by atoms with van der Waals surface area (Å²) in [7, 11) is -0.932. The van der Waals surface area contributed by atoms with Gasteiger partial charge in [0.1, 0.15) is 6.54 Å². The smallest absolute Gasteiger partial charge is 0.325 e. The van der Waals surface area contributed by atoms with E-state index in [1.54, 1.807) is 16.7 Å². The molecular formula is C24H26ClN3O6S2. The van der Waals surface area contributed by atoms with Gasteiger partial charge in [0, 0.05) is 30.8 Å². The number of aromatic nitrogens is 1. The fourth-order valence-electron chi connectivity index (χ4n) is 4.02. The van der Waals surface area contributed by atoms with Crippen LogP contribution in [-0.4, -0.2) is 62.6 Å². The van der Waals surface area contributed by atoms with E-state index in [4.69, 9.17) is 21.1 Å². The van der Waals surface area contributed by atoms with Crippen molar-refractivity contribution in [3.8, 4) is 0 Å². The first-order valence-electron chi connectivity index (χ1n) is 11.2. The number of nitrogens with zero attached hydrogens (tertiary/aromatic N) is 3. The quantitative estimate of drug-likeness (QED) is 0.417. The Balaban J connectivity index is 1.64. The molecule has 0 bridgehead atoms. The molecule has 1 amide bonds. The van der Waals surface area contributed by atoms with Crippen LogP contribution in [0.3, 0.4) is 0 Å². The molecule has 1 aliphatic rings. The molecule has 0 N–H and O–H groups in total. The number of hydrogen-bond acceptors (Lipinski definition) is 7. The van der Waals surface area contributed by atoms with Gasteiger partial charge in [0.2, 0.25) is 10.0 Å². The van der Waals surface area contributed by atoms with E-state index in [0.717, 1.165) is 23.1 Å². The van der Waals surface area contributed by atoms with Crippen LogP contribution in [0.4, 0.5) is 0 Å². The van der Waals surface area contributed by atoms with Crippen molar-refractivity contribution >= 4 is 55.1 Å². The number of carbonyl (C=O) groups is 2. The van der Waals surface area contributed by atoms with E-state index in [1.165, 1.54) is 54.1 Å². The summed E-state index contributed by atoms with van der Waals surface area (Å²) in [6.45, 7) is 2.60. The summed E-state index contributed by atoms with van der Waals surface area (Å²) >= 11 is 7.52. The Bertz CT molecular complexity index is 1470. The van der Waals surface area contributed by atoms with E-state index in [0.29, 0.717) is 21.9 Å². The summed E-state index contributed by atoms with van der Waals surface area (Å²) in [6.07, 6.45) is 1.64. The highest BCUT2D eigenvalue weighted by Crippen LogP contribution is 2.27. The number of thiazole rings is 1. The third-order valence-electron chi connectivity index (χ3n) is 6.04. The minimum atomic E-state index is -3.73. The van der Waals surface area contributed by atoms with Crippen LogP contribution in [0.25, 0.3) is 10.2 Å². The fraction of sp³-hybridized carbons (Fsp3) is 0.375. The predicted molar refractivity (Wildman–Crippen MR) is 137 cm³/mol. The van der Waals surface area contributed by atoms with Crippen LogP contribution in [-0.2, 0) is 30.8 Å². The van der Waals surface area contributed by atoms with Gasteiger partial charge in [-0.15, -0.1) is 0 Å². The van der Waals surface area contributed by atoms with Crippen molar-refractivity contribution in [3.05, 3.63) is 57.3 Å². The van der Waals surface area contributed by atoms with Crippen molar-refractivity contribution in [1.29, 1.82) is 0 Å². The Labute approximate surface area is 218 Å². The first kappa shape index (κ1) is 26.5. The van der Waals surface area contributed by atoms with Crippen LogP contribution >= 0.6 is 22.9 Å². The topological polar surface area (TPSA) is 107 Å². The number of esters is 1. The van der Waals surface area contributed by atoms with E-state index in [9.17, 15) is 18.0 Å². The maximum absolute atomic E-state index is 13.0. The third-order valence-corrected chi connectivity index (χ3v) is 9.33. The van der Waals surface area contributed by atoms with Gasteiger partial charge in [-0.3, -0.25) is 9.59 Å². The van der Waals surface area contributed by atoms with Gasteiger partial charge >= 0.3 is 5.97 Å². The molecule has 1 aliphatic heterocycles. The number of fused-ring (bicyclic) bond motifs is 1. The number of amides is 1. The molecule has 9 nitrogen and oxygen atoms in total. The van der Waals surface area contributed by atoms with Gasteiger partial charge in [-0.1, -0.05) is 22.9 Å². The largest absolute Gasteiger partial charge is 0.468 e. The second kappa shape index (κ2) is 10.8. The average molecular weight is 552 g/mol. The van der Waals surface area contributed by atoms with Gasteiger partial charge in [0.15, 0.2) is 4.80 Å². The molecule has 36 heavy (non-hydrogen) atoms. The monoisotopic (exact) mass is 551 g/mol. The molecule has 192 valence electrons. The Morgan fingerprint density at radius 2 is 1.97 bits per heavy atom. The molecule has 2 heterocycles. The van der Waals surface area contributed by atoms with E-state index in [2.05, 4.69) is 4.99 Å². The summed E-state index contributed by atoms with van der Waals surface area (Å²) in [5.74, 6) is -1.06. The van der Waals surface area contributed by atoms with Crippen molar-refractivity contribution < 1.29 is 27.5 Å². The molecule has 12 heteroatoms. The molecule has 1 unspecified atom stereocenters. The summed E-state index contributed by atoms with van der Waals surface area (Å²) < 4.78 is 39.9. The molecule has 2 aromatic carbocycles. The van der Waals surface area contributed by atoms with Crippen LogP contribution in [0.5, 0.6) is 0 Å². The number of ether oxygens (including phenoxy) is 2. The fourth-order valence-corrected chi connectivity index (χ4v) is 6.46. The van der Waals surface area contributed by atoms with Gasteiger partial charge in [-0.05, 0) is 61.7 Å². The Morgan fingerprint density at radius 3 is 2.61 bits per heavy atom. The highest BCUT2D eigenvalue weighted by molar-refractivity contribution is 7.89. The molecule has 1 fully saturated rings. The Kier molecular flexibility index (Phi) is 7.96. The molecule has 0 radical (unpaired) electrons. The zero-order chi connectivity index (χ0) is 26.0. The van der Waals surface area contributed by atoms with Crippen molar-refractivity contribution in [3.63, 3.8) is 0 Å². The molecule has 1 atom stereocenters. The lowest BCUT2D eigenvalue weighted by atomic mass is 10.2. The number of rotatable bonds is 7. The minimum absolute atomic E-state index is 0.0763. The first-order chi connectivity index (χ1) is 17.1. The molecule has 0 spiro atoms. The number of hydrogen-bond donors (Lipinski definition) is 0. The standard InChI is InChI=1S/C24H26ClN3O6S2/c1-15-19(25)10-11-20-22(15)28(14-21(29)33-3)24(35-20)26-23(30)16-6-8-18(9-7-16)36(31,32)27(2)13-17-5-4-12-34-17/h6-11,17H,4-5,12-14H2,1-3H3. The van der Waals surface area contributed by atoms with Crippen LogP contribution < -0.4 is 4.80 Å². The number of aryl methyl sites for hydroxylation is 1. The maximum atomic E-state index is 13.0. The lowest BCUT2D eigenvalue weighted by Gasteiger charge is -2.20. The summed E-state index contributed by atoms with van der Waals surface area (Å²) in [6, 6.07) is 9.19. The van der Waals surface area contributed by atoms with Crippen molar-refractivity contribution in [2.45, 2.75) is 37.3 Å². The number of carbonyl (C=O) groups excluding carboxylic acids is 2. The Morgan fingerprint density at radius 1 is 1.25 bits per heavy atom. The van der Waals surface area contributed by atoms with E-state index >= 15 is 0 Å². The number of sulfonamides is 1. The molecule has 4 rings (SSSR count). The molecule has 3 aromatic rings. The molecular weight excluding hydrogens is 526 g/mol. The average Bonchev–Trinajstić information content (AvgIpc) is 3.49. The van der Waals surface area contributed by atoms with Crippen LogP contribution in [0, 0.1) is 6.92 Å². The maximum Gasteiger partial charge on any atom is 0.325 e. The highest BCUT2D eigenvalue weighted by atomic mass is 35.5. The summed E-state index contributed by atoms with van der Waals surface area (Å²) in [5, 5.41) is 0.526. The van der Waals surface area contributed by atoms with Crippen molar-refractivity contribution in [1.82, 2.24) is 8.87 Å². The second-order valence-corrected chi connectivity index (χ2v) is 11.9. The van der Waals surface area contributed by atoms with Gasteiger partial charge in [0.05, 0.1) is 28.3 Å². The number of halogens is 1. The summed E-state index contributed by atoms with van der Waals surface area (Å²) in [5.41, 5.74) is 1.66. The minimum Gasteiger partial charge on any atom is -0.468 e. The first-order valence-corrected chi connectivity index (χ1v) is 13.9. The second-order valence-electron chi connectivity index (χ2n) is 8.43. The van der Waals surface area contributed by atoms with E-state index in [1.807, 2.05) is 6.92 Å². The SMILES string of the molecule is COC(=O)Cn1c(=NC(=O)c2ccc(S(=O)(=O)N(C)CC3CCCO3)cc2)sc2ccc(Cl)c(C)c21. The van der Waals surface area contributed by atoms with Crippen molar-refractivity contribution in [2.24, 2.45) is 4.99 Å². The highest BCUT2D eigenvalue weighted by Gasteiger charge is 2.26. The van der Waals surface area contributed by atoms with E-state index in [-0.39, 0.29) is 29.7 Å². The lowest BCUT2D eigenvalue weighted by molar-refractivity contribution is -0.141. The molecule has 0 saturated carbocycles. The predicted octanol–water partition coefficient (Wildman–Crippen LogP) is 3.38.